The van der Waals surface area contributed by atoms with E-state index in [1.165, 1.54) is 0 Å². The second kappa shape index (κ2) is 4.64. The van der Waals surface area contributed by atoms with E-state index < -0.39 is 34.0 Å². The van der Waals surface area contributed by atoms with Gasteiger partial charge in [0.1, 0.15) is 5.60 Å². The average molecular weight is 285 g/mol. The van der Waals surface area contributed by atoms with Gasteiger partial charge >= 0.3 is 12.1 Å². The van der Waals surface area contributed by atoms with Crippen LogP contribution in [0.3, 0.4) is 0 Å². The Kier molecular flexibility index (Phi) is 3.89. The van der Waals surface area contributed by atoms with Gasteiger partial charge < -0.3 is 15.2 Å². The highest BCUT2D eigenvalue weighted by Gasteiger charge is 2.62. The maximum Gasteiger partial charge on any atom is 0.408 e. The summed E-state index contributed by atoms with van der Waals surface area (Å²) in [6, 6.07) is 0. The topological polar surface area (TPSA) is 75.6 Å². The van der Waals surface area contributed by atoms with Crippen molar-refractivity contribution in [3.05, 3.63) is 0 Å². The molecule has 0 unspecified atom stereocenters. The fourth-order valence-corrected chi connectivity index (χ4v) is 2.86. The number of hydrogen-bond acceptors (Lipinski definition) is 3. The summed E-state index contributed by atoms with van der Waals surface area (Å²) in [5, 5.41) is 12.4. The average Bonchev–Trinajstić information content (AvgIpc) is 2.37. The van der Waals surface area contributed by atoms with Crippen molar-refractivity contribution in [2.24, 2.45) is 10.8 Å². The zero-order valence-electron chi connectivity index (χ0n) is 13.6. The van der Waals surface area contributed by atoms with E-state index in [4.69, 9.17) is 4.74 Å². The van der Waals surface area contributed by atoms with E-state index in [9.17, 15) is 14.7 Å². The number of alkyl carbamates (subject to hydrolysis) is 1. The fourth-order valence-electron chi connectivity index (χ4n) is 2.86. The third-order valence-corrected chi connectivity index (χ3v) is 5.13. The molecule has 1 rings (SSSR count). The maximum atomic E-state index is 12.0. The number of hydrogen-bond donors (Lipinski definition) is 2. The van der Waals surface area contributed by atoms with E-state index in [1.54, 1.807) is 27.7 Å². The fraction of sp³-hybridized carbons (Fsp3) is 0.867. The van der Waals surface area contributed by atoms with Crippen LogP contribution < -0.4 is 5.32 Å². The van der Waals surface area contributed by atoms with Gasteiger partial charge in [-0.25, -0.2) is 4.79 Å². The summed E-state index contributed by atoms with van der Waals surface area (Å²) < 4.78 is 5.29. The molecule has 0 aromatic carbocycles. The lowest BCUT2D eigenvalue weighted by Crippen LogP contribution is -2.58. The lowest BCUT2D eigenvalue weighted by molar-refractivity contribution is -0.155. The van der Waals surface area contributed by atoms with Crippen LogP contribution in [0.2, 0.25) is 0 Å². The molecule has 1 fully saturated rings. The number of ether oxygens (including phenoxy) is 1. The first kappa shape index (κ1) is 16.8. The van der Waals surface area contributed by atoms with Crippen LogP contribution in [0.25, 0.3) is 0 Å². The number of carbonyl (C=O) groups is 2. The molecule has 1 aliphatic rings. The van der Waals surface area contributed by atoms with E-state index in [0.29, 0.717) is 12.8 Å². The number of nitrogens with one attached hydrogen (secondary N) is 1. The lowest BCUT2D eigenvalue weighted by Gasteiger charge is -2.45. The Morgan fingerprint density at radius 1 is 1.10 bits per heavy atom. The highest BCUT2D eigenvalue weighted by molar-refractivity contribution is 5.77. The van der Waals surface area contributed by atoms with E-state index in [2.05, 4.69) is 5.32 Å². The zero-order chi connectivity index (χ0) is 16.0. The quantitative estimate of drug-likeness (QED) is 0.817. The number of aliphatic carboxylic acids is 1. The van der Waals surface area contributed by atoms with Crippen molar-refractivity contribution in [1.82, 2.24) is 5.32 Å². The lowest BCUT2D eigenvalue weighted by atomic mass is 9.63. The molecule has 5 heteroatoms. The van der Waals surface area contributed by atoms with Gasteiger partial charge in [-0.15, -0.1) is 0 Å². The molecule has 0 saturated heterocycles. The summed E-state index contributed by atoms with van der Waals surface area (Å²) in [6.45, 7) is 12.8. The Hall–Kier alpha value is -1.26. The summed E-state index contributed by atoms with van der Waals surface area (Å²) >= 11 is 0. The first-order valence-corrected chi connectivity index (χ1v) is 7.00. The highest BCUT2D eigenvalue weighted by atomic mass is 16.6. The summed E-state index contributed by atoms with van der Waals surface area (Å²) in [5.41, 5.74) is -2.62. The Morgan fingerprint density at radius 3 is 1.95 bits per heavy atom. The van der Waals surface area contributed by atoms with Gasteiger partial charge in [-0.3, -0.25) is 4.79 Å². The van der Waals surface area contributed by atoms with Crippen molar-refractivity contribution in [2.75, 3.05) is 0 Å². The van der Waals surface area contributed by atoms with Crippen LogP contribution in [-0.4, -0.2) is 28.3 Å². The molecule has 0 spiro atoms. The van der Waals surface area contributed by atoms with E-state index in [-0.39, 0.29) is 0 Å². The van der Waals surface area contributed by atoms with Gasteiger partial charge in [0.15, 0.2) is 0 Å². The van der Waals surface area contributed by atoms with Crippen molar-refractivity contribution in [3.63, 3.8) is 0 Å². The molecular weight excluding hydrogens is 258 g/mol. The van der Waals surface area contributed by atoms with Crippen LogP contribution in [0.15, 0.2) is 0 Å². The summed E-state index contributed by atoms with van der Waals surface area (Å²) in [7, 11) is 0. The van der Waals surface area contributed by atoms with Crippen molar-refractivity contribution in [3.8, 4) is 0 Å². The standard InChI is InChI=1S/C15H27NO4/c1-12(2,3)20-11(19)16-15(7)9-8-14(6,10(17)18)13(15,4)5/h8-9H2,1-7H3,(H,16,19)(H,17,18)/t14-,15+/m0/s1. The van der Waals surface area contributed by atoms with Gasteiger partial charge in [0.05, 0.1) is 5.41 Å². The SMILES string of the molecule is CC(C)(C)OC(=O)N[C@]1(C)CC[C@@](C)(C(=O)O)C1(C)C. The molecule has 20 heavy (non-hydrogen) atoms. The van der Waals surface area contributed by atoms with Gasteiger partial charge in [0, 0.05) is 11.0 Å². The Labute approximate surface area is 121 Å². The van der Waals surface area contributed by atoms with Gasteiger partial charge in [-0.2, -0.15) is 0 Å². The molecule has 1 aliphatic carbocycles. The number of carboxylic acid groups (broad SMARTS) is 1. The molecule has 0 radical (unpaired) electrons. The molecule has 1 saturated carbocycles. The molecule has 0 aromatic heterocycles. The number of carboxylic acids is 1. The maximum absolute atomic E-state index is 12.0. The van der Waals surface area contributed by atoms with Crippen LogP contribution in [0.1, 0.15) is 61.3 Å². The largest absolute Gasteiger partial charge is 0.481 e. The van der Waals surface area contributed by atoms with E-state index >= 15 is 0 Å². The molecular formula is C15H27NO4. The van der Waals surface area contributed by atoms with Crippen molar-refractivity contribution in [1.29, 1.82) is 0 Å². The van der Waals surface area contributed by atoms with Gasteiger partial charge in [-0.05, 0) is 47.5 Å². The second-order valence-corrected chi connectivity index (χ2v) is 7.72. The monoisotopic (exact) mass is 285 g/mol. The first-order chi connectivity index (χ1) is 8.75. The number of carbonyl (C=O) groups excluding carboxylic acids is 1. The molecule has 0 heterocycles. The first-order valence-electron chi connectivity index (χ1n) is 7.00. The predicted molar refractivity (Wildman–Crippen MR) is 76.5 cm³/mol. The summed E-state index contributed by atoms with van der Waals surface area (Å²) in [6.07, 6.45) is 0.645. The highest BCUT2D eigenvalue weighted by Crippen LogP contribution is 2.58. The normalized spacial score (nSPS) is 32.8. The summed E-state index contributed by atoms with van der Waals surface area (Å²) in [4.78, 5) is 23.6. The van der Waals surface area contributed by atoms with Crippen molar-refractivity contribution in [2.45, 2.75) is 72.4 Å². The molecule has 2 N–H and O–H groups in total. The predicted octanol–water partition coefficient (Wildman–Crippen LogP) is 3.18. The van der Waals surface area contributed by atoms with Crippen molar-refractivity contribution >= 4 is 12.1 Å². The minimum absolute atomic E-state index is 0.497. The molecule has 0 aliphatic heterocycles. The van der Waals surface area contributed by atoms with E-state index in [0.717, 1.165) is 0 Å². The molecule has 5 nitrogen and oxygen atoms in total. The molecule has 0 aromatic rings. The van der Waals surface area contributed by atoms with Gasteiger partial charge in [-0.1, -0.05) is 13.8 Å². The molecule has 0 bridgehead atoms. The Morgan fingerprint density at radius 2 is 1.60 bits per heavy atom. The minimum Gasteiger partial charge on any atom is -0.481 e. The molecule has 1 amide bonds. The zero-order valence-corrected chi connectivity index (χ0v) is 13.6. The van der Waals surface area contributed by atoms with Crippen LogP contribution in [0, 0.1) is 10.8 Å². The van der Waals surface area contributed by atoms with Crippen LogP contribution >= 0.6 is 0 Å². The smallest absolute Gasteiger partial charge is 0.408 e. The third-order valence-electron chi connectivity index (χ3n) is 5.13. The molecule has 116 valence electrons. The van der Waals surface area contributed by atoms with Crippen LogP contribution in [-0.2, 0) is 9.53 Å². The number of rotatable bonds is 2. The second-order valence-electron chi connectivity index (χ2n) is 7.72. The Bertz CT molecular complexity index is 424. The van der Waals surface area contributed by atoms with Gasteiger partial charge in [0.25, 0.3) is 0 Å². The van der Waals surface area contributed by atoms with Crippen LogP contribution in [0.4, 0.5) is 4.79 Å². The van der Waals surface area contributed by atoms with Crippen molar-refractivity contribution < 1.29 is 19.4 Å². The van der Waals surface area contributed by atoms with Gasteiger partial charge in [0.2, 0.25) is 0 Å². The summed E-state index contributed by atoms with van der Waals surface area (Å²) in [5.74, 6) is -0.822. The third kappa shape index (κ3) is 2.63. The van der Waals surface area contributed by atoms with Crippen LogP contribution in [0.5, 0.6) is 0 Å². The Balaban J connectivity index is 2.96. The van der Waals surface area contributed by atoms with E-state index in [1.807, 2.05) is 20.8 Å². The molecule has 2 atom stereocenters. The minimum atomic E-state index is -0.864. The number of amides is 1.